The first kappa shape index (κ1) is 19.8. The highest BCUT2D eigenvalue weighted by Crippen LogP contribution is 2.25. The SMILES string of the molecule is CC1CC(C(=O)O)CN(C(=O)NC(c2ccc(F)cc2)c2ccc(F)cc2)C1. The molecule has 1 aliphatic heterocycles. The number of hydrogen-bond acceptors (Lipinski definition) is 2. The second-order valence-corrected chi connectivity index (χ2v) is 7.27. The van der Waals surface area contributed by atoms with Crippen LogP contribution >= 0.6 is 0 Å². The zero-order valence-electron chi connectivity index (χ0n) is 15.4. The van der Waals surface area contributed by atoms with E-state index in [4.69, 9.17) is 0 Å². The average molecular weight is 388 g/mol. The summed E-state index contributed by atoms with van der Waals surface area (Å²) in [5.41, 5.74) is 1.28. The van der Waals surface area contributed by atoms with Gasteiger partial charge in [-0.2, -0.15) is 0 Å². The predicted octanol–water partition coefficient (Wildman–Crippen LogP) is 3.81. The van der Waals surface area contributed by atoms with Gasteiger partial charge in [-0.25, -0.2) is 13.6 Å². The first-order valence-electron chi connectivity index (χ1n) is 9.12. The maximum atomic E-state index is 13.3. The van der Waals surface area contributed by atoms with Crippen LogP contribution in [-0.4, -0.2) is 35.1 Å². The van der Waals surface area contributed by atoms with E-state index in [-0.39, 0.29) is 12.5 Å². The van der Waals surface area contributed by atoms with E-state index in [1.165, 1.54) is 29.2 Å². The summed E-state index contributed by atoms with van der Waals surface area (Å²) in [6.07, 6.45) is 0.526. The fourth-order valence-electron chi connectivity index (χ4n) is 3.58. The van der Waals surface area contributed by atoms with E-state index < -0.39 is 35.6 Å². The fourth-order valence-corrected chi connectivity index (χ4v) is 3.58. The Morgan fingerprint density at radius 3 is 1.96 bits per heavy atom. The number of benzene rings is 2. The maximum absolute atomic E-state index is 13.3. The van der Waals surface area contributed by atoms with Crippen molar-refractivity contribution < 1.29 is 23.5 Å². The van der Waals surface area contributed by atoms with Crippen LogP contribution in [0.5, 0.6) is 0 Å². The standard InChI is InChI=1S/C21H22F2N2O3/c1-13-10-16(20(26)27)12-25(11-13)21(28)24-19(14-2-6-17(22)7-3-14)15-4-8-18(23)9-5-15/h2-9,13,16,19H,10-12H2,1H3,(H,24,28)(H,26,27). The van der Waals surface area contributed by atoms with Crippen LogP contribution in [0.1, 0.15) is 30.5 Å². The Morgan fingerprint density at radius 1 is 1.00 bits per heavy atom. The molecular weight excluding hydrogens is 366 g/mol. The Balaban J connectivity index is 1.84. The molecule has 2 N–H and O–H groups in total. The van der Waals surface area contributed by atoms with Crippen molar-refractivity contribution >= 4 is 12.0 Å². The van der Waals surface area contributed by atoms with Crippen molar-refractivity contribution in [3.05, 3.63) is 71.3 Å². The van der Waals surface area contributed by atoms with E-state index in [0.29, 0.717) is 24.1 Å². The summed E-state index contributed by atoms with van der Waals surface area (Å²) in [5.74, 6) is -2.26. The Hall–Kier alpha value is -2.96. The van der Waals surface area contributed by atoms with E-state index in [9.17, 15) is 23.5 Å². The molecule has 5 nitrogen and oxygen atoms in total. The van der Waals surface area contributed by atoms with Gasteiger partial charge in [-0.3, -0.25) is 4.79 Å². The highest BCUT2D eigenvalue weighted by atomic mass is 19.1. The normalized spacial score (nSPS) is 19.5. The first-order chi connectivity index (χ1) is 13.3. The van der Waals surface area contributed by atoms with Crippen LogP contribution in [0.15, 0.2) is 48.5 Å². The molecule has 0 aromatic heterocycles. The number of carboxylic acid groups (broad SMARTS) is 1. The molecule has 1 aliphatic rings. The summed E-state index contributed by atoms with van der Waals surface area (Å²) in [6, 6.07) is 10.4. The highest BCUT2D eigenvalue weighted by molar-refractivity contribution is 5.77. The number of likely N-dealkylation sites (tertiary alicyclic amines) is 1. The largest absolute Gasteiger partial charge is 0.481 e. The molecule has 1 saturated heterocycles. The molecule has 2 aromatic rings. The van der Waals surface area contributed by atoms with Gasteiger partial charge in [-0.05, 0) is 47.7 Å². The Kier molecular flexibility index (Phi) is 5.92. The zero-order valence-corrected chi connectivity index (χ0v) is 15.4. The summed E-state index contributed by atoms with van der Waals surface area (Å²) in [6.45, 7) is 2.49. The molecule has 0 bridgehead atoms. The number of aliphatic carboxylic acids is 1. The smallest absolute Gasteiger partial charge is 0.318 e. The summed E-state index contributed by atoms with van der Waals surface area (Å²) in [5, 5.41) is 12.2. The van der Waals surface area contributed by atoms with E-state index in [1.807, 2.05) is 6.92 Å². The van der Waals surface area contributed by atoms with Crippen LogP contribution in [-0.2, 0) is 4.79 Å². The minimum atomic E-state index is -0.919. The number of carbonyl (C=O) groups excluding carboxylic acids is 1. The molecule has 148 valence electrons. The lowest BCUT2D eigenvalue weighted by Gasteiger charge is -2.35. The van der Waals surface area contributed by atoms with Crippen molar-refractivity contribution in [1.82, 2.24) is 10.2 Å². The lowest BCUT2D eigenvalue weighted by Crippen LogP contribution is -2.50. The second kappa shape index (κ2) is 8.37. The van der Waals surface area contributed by atoms with E-state index >= 15 is 0 Å². The molecule has 0 spiro atoms. The van der Waals surface area contributed by atoms with Crippen LogP contribution in [0.2, 0.25) is 0 Å². The Labute approximate surface area is 162 Å². The highest BCUT2D eigenvalue weighted by Gasteiger charge is 2.32. The van der Waals surface area contributed by atoms with Crippen LogP contribution in [0.4, 0.5) is 13.6 Å². The zero-order chi connectivity index (χ0) is 20.3. The Bertz CT molecular complexity index is 794. The number of urea groups is 1. The molecule has 28 heavy (non-hydrogen) atoms. The monoisotopic (exact) mass is 388 g/mol. The van der Waals surface area contributed by atoms with Gasteiger partial charge in [0.1, 0.15) is 11.6 Å². The molecule has 0 aliphatic carbocycles. The quantitative estimate of drug-likeness (QED) is 0.837. The third-order valence-electron chi connectivity index (χ3n) is 4.97. The lowest BCUT2D eigenvalue weighted by molar-refractivity contribution is -0.143. The van der Waals surface area contributed by atoms with Gasteiger partial charge in [0, 0.05) is 13.1 Å². The molecule has 1 fully saturated rings. The second-order valence-electron chi connectivity index (χ2n) is 7.27. The topological polar surface area (TPSA) is 69.6 Å². The maximum Gasteiger partial charge on any atom is 0.318 e. The fraction of sp³-hybridized carbons (Fsp3) is 0.333. The van der Waals surface area contributed by atoms with Gasteiger partial charge in [-0.1, -0.05) is 31.2 Å². The molecule has 3 rings (SSSR count). The van der Waals surface area contributed by atoms with Crippen molar-refractivity contribution in [2.75, 3.05) is 13.1 Å². The van der Waals surface area contributed by atoms with Gasteiger partial charge in [0.15, 0.2) is 0 Å². The van der Waals surface area contributed by atoms with Gasteiger partial charge in [0.2, 0.25) is 0 Å². The summed E-state index contributed by atoms with van der Waals surface area (Å²) in [7, 11) is 0. The molecule has 0 saturated carbocycles. The van der Waals surface area contributed by atoms with Gasteiger partial charge in [0.05, 0.1) is 12.0 Å². The van der Waals surface area contributed by atoms with Crippen LogP contribution in [0.25, 0.3) is 0 Å². The Morgan fingerprint density at radius 2 is 1.50 bits per heavy atom. The van der Waals surface area contributed by atoms with Crippen LogP contribution in [0, 0.1) is 23.5 Å². The summed E-state index contributed by atoms with van der Waals surface area (Å²) < 4.78 is 26.6. The van der Waals surface area contributed by atoms with Gasteiger partial charge in [0.25, 0.3) is 0 Å². The molecule has 2 unspecified atom stereocenters. The molecular formula is C21H22F2N2O3. The molecule has 7 heteroatoms. The van der Waals surface area contributed by atoms with Crippen molar-refractivity contribution in [1.29, 1.82) is 0 Å². The number of carboxylic acids is 1. The minimum Gasteiger partial charge on any atom is -0.481 e. The lowest BCUT2D eigenvalue weighted by atomic mass is 9.90. The number of halogens is 2. The minimum absolute atomic E-state index is 0.0655. The number of nitrogens with one attached hydrogen (secondary N) is 1. The molecule has 2 amide bonds. The number of amides is 2. The third-order valence-corrected chi connectivity index (χ3v) is 4.97. The molecule has 0 radical (unpaired) electrons. The number of rotatable bonds is 4. The number of nitrogens with zero attached hydrogens (tertiary/aromatic N) is 1. The van der Waals surface area contributed by atoms with Crippen molar-refractivity contribution in [3.63, 3.8) is 0 Å². The van der Waals surface area contributed by atoms with E-state index in [0.717, 1.165) is 0 Å². The van der Waals surface area contributed by atoms with E-state index in [2.05, 4.69) is 5.32 Å². The van der Waals surface area contributed by atoms with Gasteiger partial charge >= 0.3 is 12.0 Å². The predicted molar refractivity (Wildman–Crippen MR) is 99.7 cm³/mol. The number of carbonyl (C=O) groups is 2. The van der Waals surface area contributed by atoms with E-state index in [1.54, 1.807) is 24.3 Å². The average Bonchev–Trinajstić information content (AvgIpc) is 2.67. The van der Waals surface area contributed by atoms with Crippen molar-refractivity contribution in [3.8, 4) is 0 Å². The first-order valence-corrected chi connectivity index (χ1v) is 9.12. The van der Waals surface area contributed by atoms with Crippen LogP contribution < -0.4 is 5.32 Å². The number of piperidine rings is 1. The molecule has 2 atom stereocenters. The number of hydrogen-bond donors (Lipinski definition) is 2. The molecule has 2 aromatic carbocycles. The molecule has 1 heterocycles. The van der Waals surface area contributed by atoms with Gasteiger partial charge < -0.3 is 15.3 Å². The van der Waals surface area contributed by atoms with Crippen molar-refractivity contribution in [2.24, 2.45) is 11.8 Å². The van der Waals surface area contributed by atoms with Crippen molar-refractivity contribution in [2.45, 2.75) is 19.4 Å². The summed E-state index contributed by atoms with van der Waals surface area (Å²) >= 11 is 0. The van der Waals surface area contributed by atoms with Crippen LogP contribution in [0.3, 0.4) is 0 Å². The van der Waals surface area contributed by atoms with Gasteiger partial charge in [-0.15, -0.1) is 0 Å². The summed E-state index contributed by atoms with van der Waals surface area (Å²) in [4.78, 5) is 25.7. The third kappa shape index (κ3) is 4.65.